The van der Waals surface area contributed by atoms with Crippen LogP contribution in [-0.2, 0) is 0 Å². The lowest BCUT2D eigenvalue weighted by molar-refractivity contribution is 0.681. The highest BCUT2D eigenvalue weighted by Gasteiger charge is 1.99. The SMILES string of the molecule is Cc1nnc(NCC(C)C)[nH]c1=O. The van der Waals surface area contributed by atoms with Gasteiger partial charge in [-0.05, 0) is 12.8 Å². The monoisotopic (exact) mass is 182 g/mol. The normalized spacial score (nSPS) is 10.5. The van der Waals surface area contributed by atoms with E-state index >= 15 is 0 Å². The van der Waals surface area contributed by atoms with Crippen LogP contribution in [0.2, 0.25) is 0 Å². The van der Waals surface area contributed by atoms with Crippen LogP contribution >= 0.6 is 0 Å². The maximum absolute atomic E-state index is 11.1. The van der Waals surface area contributed by atoms with Crippen molar-refractivity contribution < 1.29 is 0 Å². The van der Waals surface area contributed by atoms with Gasteiger partial charge in [-0.15, -0.1) is 10.2 Å². The molecule has 0 amide bonds. The molecule has 5 nitrogen and oxygen atoms in total. The number of rotatable bonds is 3. The minimum absolute atomic E-state index is 0.193. The number of H-pyrrole nitrogens is 1. The third kappa shape index (κ3) is 2.85. The average Bonchev–Trinajstić information content (AvgIpc) is 2.07. The Balaban J connectivity index is 2.69. The maximum atomic E-state index is 11.1. The molecular formula is C8H14N4O. The third-order valence-corrected chi connectivity index (χ3v) is 1.54. The van der Waals surface area contributed by atoms with E-state index in [4.69, 9.17) is 0 Å². The highest BCUT2D eigenvalue weighted by atomic mass is 16.1. The molecule has 5 heteroatoms. The molecule has 0 atom stereocenters. The lowest BCUT2D eigenvalue weighted by Crippen LogP contribution is -2.19. The Morgan fingerprint density at radius 1 is 1.46 bits per heavy atom. The van der Waals surface area contributed by atoms with Crippen LogP contribution in [0.1, 0.15) is 19.5 Å². The van der Waals surface area contributed by atoms with E-state index in [0.29, 0.717) is 17.6 Å². The van der Waals surface area contributed by atoms with E-state index in [1.54, 1.807) is 6.92 Å². The lowest BCUT2D eigenvalue weighted by atomic mass is 10.2. The van der Waals surface area contributed by atoms with Crippen molar-refractivity contribution in [3.63, 3.8) is 0 Å². The van der Waals surface area contributed by atoms with E-state index in [-0.39, 0.29) is 5.56 Å². The highest BCUT2D eigenvalue weighted by Crippen LogP contribution is 1.95. The zero-order chi connectivity index (χ0) is 9.84. The van der Waals surface area contributed by atoms with Gasteiger partial charge in [-0.1, -0.05) is 13.8 Å². The van der Waals surface area contributed by atoms with Gasteiger partial charge in [-0.25, -0.2) is 0 Å². The van der Waals surface area contributed by atoms with Crippen LogP contribution in [0, 0.1) is 12.8 Å². The molecule has 0 aliphatic heterocycles. The molecule has 0 aliphatic carbocycles. The fourth-order valence-corrected chi connectivity index (χ4v) is 0.774. The van der Waals surface area contributed by atoms with Crippen LogP contribution < -0.4 is 10.9 Å². The molecule has 0 fully saturated rings. The molecule has 0 unspecified atom stereocenters. The van der Waals surface area contributed by atoms with Gasteiger partial charge in [0.25, 0.3) is 5.56 Å². The Hall–Kier alpha value is -1.39. The summed E-state index contributed by atoms with van der Waals surface area (Å²) < 4.78 is 0. The summed E-state index contributed by atoms with van der Waals surface area (Å²) in [5.74, 6) is 0.941. The molecule has 0 saturated carbocycles. The fourth-order valence-electron chi connectivity index (χ4n) is 0.774. The topological polar surface area (TPSA) is 70.7 Å². The van der Waals surface area contributed by atoms with Gasteiger partial charge in [0, 0.05) is 6.54 Å². The van der Waals surface area contributed by atoms with Crippen LogP contribution in [0.4, 0.5) is 5.95 Å². The van der Waals surface area contributed by atoms with E-state index < -0.39 is 0 Å². The molecule has 0 spiro atoms. The fraction of sp³-hybridized carbons (Fsp3) is 0.625. The minimum atomic E-state index is -0.193. The standard InChI is InChI=1S/C8H14N4O/c1-5(2)4-9-8-10-7(13)6(3)11-12-8/h5H,4H2,1-3H3,(H2,9,10,12,13). The summed E-state index contributed by atoms with van der Waals surface area (Å²) in [5.41, 5.74) is 0.191. The van der Waals surface area contributed by atoms with Gasteiger partial charge in [0.2, 0.25) is 5.95 Å². The smallest absolute Gasteiger partial charge is 0.273 e. The van der Waals surface area contributed by atoms with Gasteiger partial charge < -0.3 is 5.32 Å². The zero-order valence-corrected chi connectivity index (χ0v) is 8.09. The van der Waals surface area contributed by atoms with Gasteiger partial charge in [0.05, 0.1) is 0 Å². The van der Waals surface area contributed by atoms with Crippen molar-refractivity contribution in [3.8, 4) is 0 Å². The molecule has 0 saturated heterocycles. The molecule has 1 heterocycles. The predicted octanol–water partition coefficient (Wildman–Crippen LogP) is 0.541. The van der Waals surface area contributed by atoms with Crippen molar-refractivity contribution in [2.75, 3.05) is 11.9 Å². The molecule has 72 valence electrons. The van der Waals surface area contributed by atoms with Crippen molar-refractivity contribution in [2.45, 2.75) is 20.8 Å². The van der Waals surface area contributed by atoms with Crippen molar-refractivity contribution in [3.05, 3.63) is 16.0 Å². The van der Waals surface area contributed by atoms with Gasteiger partial charge in [-0.3, -0.25) is 9.78 Å². The van der Waals surface area contributed by atoms with Crippen molar-refractivity contribution in [1.29, 1.82) is 0 Å². The number of anilines is 1. The molecule has 0 aliphatic rings. The first-order valence-electron chi connectivity index (χ1n) is 4.27. The first-order chi connectivity index (χ1) is 6.09. The molecule has 0 radical (unpaired) electrons. The molecular weight excluding hydrogens is 168 g/mol. The quantitative estimate of drug-likeness (QED) is 0.715. The van der Waals surface area contributed by atoms with Gasteiger partial charge >= 0.3 is 0 Å². The Morgan fingerprint density at radius 3 is 2.69 bits per heavy atom. The number of nitrogens with one attached hydrogen (secondary N) is 2. The van der Waals surface area contributed by atoms with Crippen LogP contribution in [-0.4, -0.2) is 21.7 Å². The molecule has 0 bridgehead atoms. The van der Waals surface area contributed by atoms with Gasteiger partial charge in [0.1, 0.15) is 5.69 Å². The van der Waals surface area contributed by atoms with E-state index in [0.717, 1.165) is 6.54 Å². The van der Waals surface area contributed by atoms with Crippen molar-refractivity contribution in [2.24, 2.45) is 5.92 Å². The second kappa shape index (κ2) is 4.02. The van der Waals surface area contributed by atoms with E-state index in [9.17, 15) is 4.79 Å². The van der Waals surface area contributed by atoms with Crippen LogP contribution in [0.3, 0.4) is 0 Å². The summed E-state index contributed by atoms with van der Waals surface area (Å²) in [6.07, 6.45) is 0. The summed E-state index contributed by atoms with van der Waals surface area (Å²) >= 11 is 0. The molecule has 2 N–H and O–H groups in total. The molecule has 0 aromatic carbocycles. The number of aryl methyl sites for hydroxylation is 1. The Morgan fingerprint density at radius 2 is 2.15 bits per heavy atom. The minimum Gasteiger partial charge on any atom is -0.354 e. The largest absolute Gasteiger partial charge is 0.354 e. The second-order valence-corrected chi connectivity index (χ2v) is 3.36. The van der Waals surface area contributed by atoms with Crippen molar-refractivity contribution in [1.82, 2.24) is 15.2 Å². The Bertz CT molecular complexity index is 331. The summed E-state index contributed by atoms with van der Waals surface area (Å²) in [5, 5.41) is 10.5. The van der Waals surface area contributed by atoms with Crippen LogP contribution in [0.5, 0.6) is 0 Å². The molecule has 1 aromatic heterocycles. The Kier molecular flexibility index (Phi) is 3.00. The van der Waals surface area contributed by atoms with E-state index in [1.165, 1.54) is 0 Å². The number of hydrogen-bond acceptors (Lipinski definition) is 4. The third-order valence-electron chi connectivity index (χ3n) is 1.54. The summed E-state index contributed by atoms with van der Waals surface area (Å²) in [7, 11) is 0. The number of aromatic amines is 1. The van der Waals surface area contributed by atoms with E-state index in [2.05, 4.69) is 34.3 Å². The number of nitrogens with zero attached hydrogens (tertiary/aromatic N) is 2. The van der Waals surface area contributed by atoms with Crippen LogP contribution in [0.25, 0.3) is 0 Å². The lowest BCUT2D eigenvalue weighted by Gasteiger charge is -2.06. The van der Waals surface area contributed by atoms with E-state index in [1.807, 2.05) is 0 Å². The number of aromatic nitrogens is 3. The predicted molar refractivity (Wildman–Crippen MR) is 50.7 cm³/mol. The first kappa shape index (κ1) is 9.70. The highest BCUT2D eigenvalue weighted by molar-refractivity contribution is 5.20. The first-order valence-corrected chi connectivity index (χ1v) is 4.27. The Labute approximate surface area is 76.6 Å². The van der Waals surface area contributed by atoms with Gasteiger partial charge in [0.15, 0.2) is 0 Å². The molecule has 1 rings (SSSR count). The number of hydrogen-bond donors (Lipinski definition) is 2. The molecule has 13 heavy (non-hydrogen) atoms. The maximum Gasteiger partial charge on any atom is 0.273 e. The molecule has 1 aromatic rings. The van der Waals surface area contributed by atoms with Crippen LogP contribution in [0.15, 0.2) is 4.79 Å². The summed E-state index contributed by atoms with van der Waals surface area (Å²) in [6.45, 7) is 6.55. The average molecular weight is 182 g/mol. The second-order valence-electron chi connectivity index (χ2n) is 3.36. The summed E-state index contributed by atoms with van der Waals surface area (Å²) in [4.78, 5) is 13.7. The zero-order valence-electron chi connectivity index (χ0n) is 8.09. The van der Waals surface area contributed by atoms with Gasteiger partial charge in [-0.2, -0.15) is 0 Å². The van der Waals surface area contributed by atoms with Crippen molar-refractivity contribution >= 4 is 5.95 Å². The summed E-state index contributed by atoms with van der Waals surface area (Å²) in [6, 6.07) is 0.